The lowest BCUT2D eigenvalue weighted by Gasteiger charge is -2.02. The van der Waals surface area contributed by atoms with Crippen LogP contribution in [0.15, 0.2) is 51.5 Å². The van der Waals surface area contributed by atoms with Crippen molar-refractivity contribution in [3.05, 3.63) is 58.3 Å². The molecule has 0 aliphatic rings. The standard InChI is InChI=1S/C14H9N5O2S/c20-14-9-3-1-5-15-12(9)16-8-19(14)7-11-17-13(21-18-11)10-4-2-6-22-10/h1-6,8H,7H2. The molecule has 4 aromatic heterocycles. The van der Waals surface area contributed by atoms with Crippen molar-refractivity contribution < 1.29 is 4.52 Å². The van der Waals surface area contributed by atoms with E-state index in [0.29, 0.717) is 22.7 Å². The summed E-state index contributed by atoms with van der Waals surface area (Å²) in [6, 6.07) is 7.21. The molecule has 4 rings (SSSR count). The Bertz CT molecular complexity index is 990. The first-order valence-corrected chi connectivity index (χ1v) is 7.36. The van der Waals surface area contributed by atoms with Crippen molar-refractivity contribution in [2.75, 3.05) is 0 Å². The molecule has 108 valence electrons. The molecule has 0 N–H and O–H groups in total. The molecule has 8 heteroatoms. The highest BCUT2D eigenvalue weighted by Crippen LogP contribution is 2.22. The molecule has 0 unspecified atom stereocenters. The Morgan fingerprint density at radius 3 is 3.05 bits per heavy atom. The molecular weight excluding hydrogens is 302 g/mol. The third kappa shape index (κ3) is 2.19. The summed E-state index contributed by atoms with van der Waals surface area (Å²) in [7, 11) is 0. The highest BCUT2D eigenvalue weighted by Gasteiger charge is 2.11. The lowest BCUT2D eigenvalue weighted by Crippen LogP contribution is -2.21. The van der Waals surface area contributed by atoms with Gasteiger partial charge in [-0.25, -0.2) is 9.97 Å². The molecule has 0 radical (unpaired) electrons. The van der Waals surface area contributed by atoms with Crippen LogP contribution in [-0.2, 0) is 6.54 Å². The number of thiophene rings is 1. The van der Waals surface area contributed by atoms with Crippen LogP contribution < -0.4 is 5.56 Å². The molecular formula is C14H9N5O2S. The van der Waals surface area contributed by atoms with Crippen molar-refractivity contribution in [2.45, 2.75) is 6.54 Å². The molecule has 0 fully saturated rings. The first kappa shape index (κ1) is 12.8. The van der Waals surface area contributed by atoms with E-state index in [4.69, 9.17) is 4.52 Å². The van der Waals surface area contributed by atoms with Gasteiger partial charge >= 0.3 is 0 Å². The van der Waals surface area contributed by atoms with Crippen molar-refractivity contribution in [2.24, 2.45) is 0 Å². The summed E-state index contributed by atoms with van der Waals surface area (Å²) in [6.45, 7) is 0.200. The van der Waals surface area contributed by atoms with Gasteiger partial charge in [-0.2, -0.15) is 4.98 Å². The van der Waals surface area contributed by atoms with E-state index in [1.54, 1.807) is 18.3 Å². The molecule has 0 aliphatic heterocycles. The third-order valence-corrected chi connectivity index (χ3v) is 3.97. The minimum atomic E-state index is -0.180. The van der Waals surface area contributed by atoms with Crippen molar-refractivity contribution in [1.82, 2.24) is 24.7 Å². The molecule has 0 saturated carbocycles. The topological polar surface area (TPSA) is 86.7 Å². The van der Waals surface area contributed by atoms with Crippen LogP contribution in [0.1, 0.15) is 5.82 Å². The zero-order valence-corrected chi connectivity index (χ0v) is 12.0. The maximum atomic E-state index is 12.4. The van der Waals surface area contributed by atoms with Crippen LogP contribution in [0.2, 0.25) is 0 Å². The van der Waals surface area contributed by atoms with Gasteiger partial charge < -0.3 is 4.52 Å². The number of rotatable bonds is 3. The molecule has 4 aromatic rings. The lowest BCUT2D eigenvalue weighted by molar-refractivity contribution is 0.421. The van der Waals surface area contributed by atoms with E-state index in [0.717, 1.165) is 4.88 Å². The molecule has 22 heavy (non-hydrogen) atoms. The van der Waals surface area contributed by atoms with E-state index in [1.165, 1.54) is 22.2 Å². The monoisotopic (exact) mass is 311 g/mol. The lowest BCUT2D eigenvalue weighted by atomic mass is 10.3. The maximum Gasteiger partial charge on any atom is 0.268 e. The summed E-state index contributed by atoms with van der Waals surface area (Å²) in [5, 5.41) is 6.31. The number of hydrogen-bond acceptors (Lipinski definition) is 7. The quantitative estimate of drug-likeness (QED) is 0.575. The van der Waals surface area contributed by atoms with E-state index in [-0.39, 0.29) is 12.1 Å². The largest absolute Gasteiger partial charge is 0.333 e. The van der Waals surface area contributed by atoms with Crippen LogP contribution in [-0.4, -0.2) is 24.7 Å². The first-order valence-electron chi connectivity index (χ1n) is 6.48. The van der Waals surface area contributed by atoms with Gasteiger partial charge in [0.1, 0.15) is 6.33 Å². The fourth-order valence-electron chi connectivity index (χ4n) is 2.08. The van der Waals surface area contributed by atoms with E-state index in [9.17, 15) is 4.79 Å². The number of hydrogen-bond donors (Lipinski definition) is 0. The summed E-state index contributed by atoms with van der Waals surface area (Å²) in [5.74, 6) is 0.879. The van der Waals surface area contributed by atoms with Gasteiger partial charge in [0.25, 0.3) is 11.4 Å². The number of nitrogens with zero attached hydrogens (tertiary/aromatic N) is 5. The van der Waals surface area contributed by atoms with Gasteiger partial charge in [0.05, 0.1) is 16.8 Å². The third-order valence-electron chi connectivity index (χ3n) is 3.11. The first-order chi connectivity index (χ1) is 10.8. The summed E-state index contributed by atoms with van der Waals surface area (Å²) < 4.78 is 6.65. The van der Waals surface area contributed by atoms with Gasteiger partial charge in [-0.3, -0.25) is 9.36 Å². The number of aromatic nitrogens is 5. The predicted octanol–water partition coefficient (Wildman–Crippen LogP) is 1.95. The highest BCUT2D eigenvalue weighted by atomic mass is 32.1. The van der Waals surface area contributed by atoms with E-state index in [2.05, 4.69) is 20.1 Å². The minimum Gasteiger partial charge on any atom is -0.333 e. The van der Waals surface area contributed by atoms with Gasteiger partial charge in [0, 0.05) is 6.20 Å². The Balaban J connectivity index is 1.69. The van der Waals surface area contributed by atoms with Crippen molar-refractivity contribution >= 4 is 22.4 Å². The Labute approximate surface area is 127 Å². The van der Waals surface area contributed by atoms with Gasteiger partial charge in [0.15, 0.2) is 11.5 Å². The Morgan fingerprint density at radius 2 is 2.18 bits per heavy atom. The normalized spacial score (nSPS) is 11.1. The zero-order chi connectivity index (χ0) is 14.9. The van der Waals surface area contributed by atoms with Gasteiger partial charge in [0.2, 0.25) is 0 Å². The molecule has 4 heterocycles. The number of pyridine rings is 1. The van der Waals surface area contributed by atoms with E-state index >= 15 is 0 Å². The summed E-state index contributed by atoms with van der Waals surface area (Å²) in [4.78, 5) is 25.8. The van der Waals surface area contributed by atoms with Crippen LogP contribution in [0.4, 0.5) is 0 Å². The summed E-state index contributed by atoms with van der Waals surface area (Å²) in [6.07, 6.45) is 3.05. The molecule has 0 amide bonds. The average Bonchev–Trinajstić information content (AvgIpc) is 3.21. The highest BCUT2D eigenvalue weighted by molar-refractivity contribution is 7.13. The van der Waals surface area contributed by atoms with Crippen LogP contribution in [0, 0.1) is 0 Å². The maximum absolute atomic E-state index is 12.4. The van der Waals surface area contributed by atoms with Crippen molar-refractivity contribution in [3.8, 4) is 10.8 Å². The smallest absolute Gasteiger partial charge is 0.268 e. The molecule has 0 saturated heterocycles. The van der Waals surface area contributed by atoms with Crippen LogP contribution in [0.3, 0.4) is 0 Å². The molecule has 0 atom stereocenters. The summed E-state index contributed by atoms with van der Waals surface area (Å²) in [5.41, 5.74) is 0.247. The van der Waals surface area contributed by atoms with Crippen LogP contribution >= 0.6 is 11.3 Å². The van der Waals surface area contributed by atoms with Crippen molar-refractivity contribution in [3.63, 3.8) is 0 Å². The summed E-state index contributed by atoms with van der Waals surface area (Å²) >= 11 is 1.52. The van der Waals surface area contributed by atoms with Crippen LogP contribution in [0.25, 0.3) is 21.8 Å². The number of fused-ring (bicyclic) bond motifs is 1. The van der Waals surface area contributed by atoms with E-state index in [1.807, 2.05) is 17.5 Å². The minimum absolute atomic E-state index is 0.180. The van der Waals surface area contributed by atoms with Gasteiger partial charge in [-0.05, 0) is 23.6 Å². The van der Waals surface area contributed by atoms with E-state index < -0.39 is 0 Å². The average molecular weight is 311 g/mol. The fraction of sp³-hybridized carbons (Fsp3) is 0.0714. The van der Waals surface area contributed by atoms with Crippen molar-refractivity contribution in [1.29, 1.82) is 0 Å². The van der Waals surface area contributed by atoms with Gasteiger partial charge in [-0.1, -0.05) is 11.2 Å². The van der Waals surface area contributed by atoms with Gasteiger partial charge in [-0.15, -0.1) is 11.3 Å². The zero-order valence-electron chi connectivity index (χ0n) is 11.2. The molecule has 0 aliphatic carbocycles. The second-order valence-electron chi connectivity index (χ2n) is 4.55. The molecule has 0 aromatic carbocycles. The second kappa shape index (κ2) is 5.15. The fourth-order valence-corrected chi connectivity index (χ4v) is 2.73. The Hall–Kier alpha value is -2.87. The second-order valence-corrected chi connectivity index (χ2v) is 5.49. The molecule has 0 bridgehead atoms. The molecule has 7 nitrogen and oxygen atoms in total. The SMILES string of the molecule is O=c1c2cccnc2ncn1Cc1noc(-c2cccs2)n1. The molecule has 0 spiro atoms. The predicted molar refractivity (Wildman–Crippen MR) is 80.5 cm³/mol. The Kier molecular flexibility index (Phi) is 3.01. The van der Waals surface area contributed by atoms with Crippen LogP contribution in [0.5, 0.6) is 0 Å². The Morgan fingerprint density at radius 1 is 1.23 bits per heavy atom.